The molecule has 9 nitrogen and oxygen atoms in total. The van der Waals surface area contributed by atoms with Gasteiger partial charge in [0, 0.05) is 26.2 Å². The van der Waals surface area contributed by atoms with E-state index in [4.69, 9.17) is 4.52 Å². The maximum absolute atomic E-state index is 13.0. The van der Waals surface area contributed by atoms with Gasteiger partial charge < -0.3 is 4.90 Å². The van der Waals surface area contributed by atoms with Crippen LogP contribution in [0.4, 0.5) is 0 Å². The summed E-state index contributed by atoms with van der Waals surface area (Å²) in [4.78, 5) is 27.3. The van der Waals surface area contributed by atoms with Crippen LogP contribution in [0.2, 0.25) is 0 Å². The van der Waals surface area contributed by atoms with Gasteiger partial charge in [0.1, 0.15) is 6.54 Å². The van der Waals surface area contributed by atoms with Crippen LogP contribution in [-0.2, 0) is 21.4 Å². The zero-order valence-corrected chi connectivity index (χ0v) is 18.8. The highest BCUT2D eigenvalue weighted by Gasteiger charge is 2.31. The van der Waals surface area contributed by atoms with E-state index in [-0.39, 0.29) is 43.5 Å². The predicted molar refractivity (Wildman–Crippen MR) is 115 cm³/mol. The van der Waals surface area contributed by atoms with Gasteiger partial charge in [-0.15, -0.1) is 11.3 Å². The molecule has 0 saturated carbocycles. The number of carbonyl (C=O) groups is 1. The summed E-state index contributed by atoms with van der Waals surface area (Å²) >= 11 is 1.39. The van der Waals surface area contributed by atoms with E-state index in [0.29, 0.717) is 5.82 Å². The second-order valence-corrected chi connectivity index (χ2v) is 10.3. The smallest absolute Gasteiger partial charge is 0.338 e. The number of carbonyl (C=O) groups excluding carboxylic acids is 1. The molecule has 1 amide bonds. The lowest BCUT2D eigenvalue weighted by molar-refractivity contribution is -0.133. The Bertz CT molecular complexity index is 1250. The molecule has 1 saturated heterocycles. The molecule has 0 spiro atoms. The molecule has 0 unspecified atom stereocenters. The second-order valence-electron chi connectivity index (χ2n) is 7.37. The molecule has 0 aliphatic carbocycles. The zero-order valence-electron chi connectivity index (χ0n) is 17.1. The molecule has 1 aliphatic heterocycles. The Kier molecular flexibility index (Phi) is 5.82. The number of hydrogen-bond acceptors (Lipinski definition) is 7. The first-order valence-corrected chi connectivity index (χ1v) is 12.0. The summed E-state index contributed by atoms with van der Waals surface area (Å²) in [6.07, 6.45) is 0. The molecule has 0 bridgehead atoms. The summed E-state index contributed by atoms with van der Waals surface area (Å²) in [6.45, 7) is 4.48. The van der Waals surface area contributed by atoms with Crippen LogP contribution in [0.3, 0.4) is 0 Å². The van der Waals surface area contributed by atoms with E-state index >= 15 is 0 Å². The monoisotopic (exact) mass is 462 g/mol. The number of thiophene rings is 1. The van der Waals surface area contributed by atoms with Gasteiger partial charge in [0.05, 0.1) is 9.77 Å². The molecule has 11 heteroatoms. The van der Waals surface area contributed by atoms with Crippen LogP contribution >= 0.6 is 11.3 Å². The van der Waals surface area contributed by atoms with E-state index in [0.717, 1.165) is 16.0 Å². The molecule has 31 heavy (non-hydrogen) atoms. The van der Waals surface area contributed by atoms with Crippen molar-refractivity contribution in [2.24, 2.45) is 0 Å². The summed E-state index contributed by atoms with van der Waals surface area (Å²) in [5.41, 5.74) is 1.94. The normalized spacial score (nSPS) is 15.4. The maximum Gasteiger partial charge on any atom is 0.442 e. The van der Waals surface area contributed by atoms with Crippen molar-refractivity contribution < 1.29 is 17.7 Å². The number of sulfonamides is 1. The lowest BCUT2D eigenvalue weighted by Gasteiger charge is -2.34. The Balaban J connectivity index is 1.44. The largest absolute Gasteiger partial charge is 0.442 e. The van der Waals surface area contributed by atoms with Crippen LogP contribution in [-0.4, -0.2) is 59.4 Å². The highest BCUT2D eigenvalue weighted by atomic mass is 32.2. The standard InChI is InChI=1S/C20H22N4O5S2/c1-14-5-6-16(12-15(14)2)31(27,28)23-9-7-22(8-10-23)18(25)13-24-19(21-29-20(24)26)17-4-3-11-30-17/h3-6,11-12H,7-10,13H2,1-2H3. The van der Waals surface area contributed by atoms with Crippen LogP contribution in [0.25, 0.3) is 10.7 Å². The Labute approximate surface area is 183 Å². The zero-order chi connectivity index (χ0) is 22.2. The van der Waals surface area contributed by atoms with Crippen LogP contribution in [0.1, 0.15) is 11.1 Å². The number of rotatable bonds is 5. The highest BCUT2D eigenvalue weighted by Crippen LogP contribution is 2.23. The van der Waals surface area contributed by atoms with Crippen molar-refractivity contribution in [3.05, 3.63) is 57.4 Å². The number of amides is 1. The summed E-state index contributed by atoms with van der Waals surface area (Å²) in [5.74, 6) is -0.677. The van der Waals surface area contributed by atoms with Crippen LogP contribution in [0.15, 0.2) is 49.9 Å². The predicted octanol–water partition coefficient (Wildman–Crippen LogP) is 1.71. The fourth-order valence-corrected chi connectivity index (χ4v) is 5.65. The third-order valence-electron chi connectivity index (χ3n) is 5.43. The van der Waals surface area contributed by atoms with Gasteiger partial charge in [-0.05, 0) is 48.6 Å². The molecule has 3 aromatic rings. The summed E-state index contributed by atoms with van der Waals surface area (Å²) in [5, 5.41) is 5.62. The quantitative estimate of drug-likeness (QED) is 0.572. The first-order valence-electron chi connectivity index (χ1n) is 9.73. The van der Waals surface area contributed by atoms with Crippen molar-refractivity contribution in [2.75, 3.05) is 26.2 Å². The minimum atomic E-state index is -3.63. The van der Waals surface area contributed by atoms with Crippen LogP contribution in [0, 0.1) is 13.8 Å². The topological polar surface area (TPSA) is 106 Å². The summed E-state index contributed by atoms with van der Waals surface area (Å²) < 4.78 is 33.3. The third-order valence-corrected chi connectivity index (χ3v) is 8.19. The molecule has 0 N–H and O–H groups in total. The number of nitrogens with zero attached hydrogens (tertiary/aromatic N) is 4. The van der Waals surface area contributed by atoms with E-state index in [1.54, 1.807) is 29.2 Å². The lowest BCUT2D eigenvalue weighted by atomic mass is 10.1. The van der Waals surface area contributed by atoms with Crippen molar-refractivity contribution in [3.8, 4) is 10.7 Å². The van der Waals surface area contributed by atoms with Gasteiger partial charge in [-0.25, -0.2) is 17.8 Å². The Morgan fingerprint density at radius 3 is 2.52 bits per heavy atom. The number of aromatic nitrogens is 2. The highest BCUT2D eigenvalue weighted by molar-refractivity contribution is 7.89. The Morgan fingerprint density at radius 2 is 1.87 bits per heavy atom. The maximum atomic E-state index is 13.0. The Morgan fingerprint density at radius 1 is 1.13 bits per heavy atom. The molecule has 0 radical (unpaired) electrons. The van der Waals surface area contributed by atoms with Crippen LogP contribution in [0.5, 0.6) is 0 Å². The minimum absolute atomic E-state index is 0.192. The minimum Gasteiger partial charge on any atom is -0.338 e. The van der Waals surface area contributed by atoms with E-state index in [1.165, 1.54) is 20.2 Å². The summed E-state index contributed by atoms with van der Waals surface area (Å²) in [6, 6.07) is 8.69. The van der Waals surface area contributed by atoms with E-state index in [1.807, 2.05) is 25.3 Å². The molecule has 164 valence electrons. The van der Waals surface area contributed by atoms with Gasteiger partial charge in [0.25, 0.3) is 0 Å². The second kappa shape index (κ2) is 8.40. The number of hydrogen-bond donors (Lipinski definition) is 0. The molecule has 0 atom stereocenters. The summed E-state index contributed by atoms with van der Waals surface area (Å²) in [7, 11) is -3.63. The van der Waals surface area contributed by atoms with E-state index in [9.17, 15) is 18.0 Å². The Hall–Kier alpha value is -2.76. The SMILES string of the molecule is Cc1ccc(S(=O)(=O)N2CCN(C(=O)Cn3c(-c4cccs4)noc3=O)CC2)cc1C. The van der Waals surface area contributed by atoms with Crippen LogP contribution < -0.4 is 5.76 Å². The van der Waals surface area contributed by atoms with Crippen molar-refractivity contribution in [2.45, 2.75) is 25.3 Å². The fourth-order valence-electron chi connectivity index (χ4n) is 3.43. The molecule has 4 rings (SSSR count). The number of benzene rings is 1. The molecular formula is C20H22N4O5S2. The average molecular weight is 463 g/mol. The molecule has 3 heterocycles. The van der Waals surface area contributed by atoms with Crippen molar-refractivity contribution in [3.63, 3.8) is 0 Å². The molecule has 1 aliphatic rings. The average Bonchev–Trinajstić information content (AvgIpc) is 3.40. The van der Waals surface area contributed by atoms with Gasteiger partial charge >= 0.3 is 5.76 Å². The molecule has 2 aromatic heterocycles. The van der Waals surface area contributed by atoms with Gasteiger partial charge in [-0.1, -0.05) is 17.3 Å². The van der Waals surface area contributed by atoms with E-state index in [2.05, 4.69) is 5.16 Å². The van der Waals surface area contributed by atoms with Crippen molar-refractivity contribution >= 4 is 27.3 Å². The molecular weight excluding hydrogens is 440 g/mol. The number of aryl methyl sites for hydroxylation is 2. The van der Waals surface area contributed by atoms with Gasteiger partial charge in [0.2, 0.25) is 15.9 Å². The molecule has 1 aromatic carbocycles. The number of piperazine rings is 1. The fraction of sp³-hybridized carbons (Fsp3) is 0.350. The van der Waals surface area contributed by atoms with Gasteiger partial charge in [0.15, 0.2) is 5.82 Å². The third kappa shape index (κ3) is 4.21. The first kappa shape index (κ1) is 21.5. The lowest BCUT2D eigenvalue weighted by Crippen LogP contribution is -2.51. The van der Waals surface area contributed by atoms with Crippen molar-refractivity contribution in [1.82, 2.24) is 18.9 Å². The van der Waals surface area contributed by atoms with Gasteiger partial charge in [-0.3, -0.25) is 9.32 Å². The molecule has 1 fully saturated rings. The van der Waals surface area contributed by atoms with Crippen molar-refractivity contribution in [1.29, 1.82) is 0 Å². The first-order chi connectivity index (χ1) is 14.8. The van der Waals surface area contributed by atoms with Gasteiger partial charge in [-0.2, -0.15) is 4.31 Å². The van der Waals surface area contributed by atoms with E-state index < -0.39 is 15.8 Å².